The third-order valence-corrected chi connectivity index (χ3v) is 2.21. The molecule has 0 radical (unpaired) electrons. The number of nitrogens with two attached hydrogens (primary N) is 1. The molecule has 1 amide bonds. The van der Waals surface area contributed by atoms with Crippen LogP contribution in [0.3, 0.4) is 0 Å². The Balaban J connectivity index is 2.10. The van der Waals surface area contributed by atoms with E-state index in [4.69, 9.17) is 15.6 Å². The summed E-state index contributed by atoms with van der Waals surface area (Å²) in [5.74, 6) is 0.00171. The second-order valence-electron chi connectivity index (χ2n) is 3.52. The van der Waals surface area contributed by atoms with Gasteiger partial charge in [0.2, 0.25) is 5.91 Å². The van der Waals surface area contributed by atoms with Crippen LogP contribution in [0.1, 0.15) is 15.9 Å². The zero-order chi connectivity index (χ0) is 13.0. The molecule has 0 bridgehead atoms. The molecule has 18 heavy (non-hydrogen) atoms. The van der Waals surface area contributed by atoms with Crippen LogP contribution in [0.25, 0.3) is 0 Å². The van der Waals surface area contributed by atoms with Crippen LogP contribution in [0.4, 0.5) is 0 Å². The number of primary amides is 1. The lowest BCUT2D eigenvalue weighted by Crippen LogP contribution is -2.10. The zero-order valence-electron chi connectivity index (χ0n) is 9.41. The first-order chi connectivity index (χ1) is 8.69. The predicted molar refractivity (Wildman–Crippen MR) is 63.0 cm³/mol. The van der Waals surface area contributed by atoms with Gasteiger partial charge in [-0.05, 0) is 24.3 Å². The largest absolute Gasteiger partial charge is 0.424 e. The number of carbonyl (C=O) groups excluding carboxylic acids is 1. The van der Waals surface area contributed by atoms with Crippen molar-refractivity contribution >= 4 is 5.91 Å². The van der Waals surface area contributed by atoms with E-state index in [2.05, 4.69) is 9.97 Å². The van der Waals surface area contributed by atoms with Gasteiger partial charge < -0.3 is 15.6 Å². The van der Waals surface area contributed by atoms with Crippen molar-refractivity contribution in [3.8, 4) is 11.8 Å². The van der Waals surface area contributed by atoms with Crippen LogP contribution in [-0.4, -0.2) is 21.0 Å². The summed E-state index contributed by atoms with van der Waals surface area (Å²) in [7, 11) is 0. The van der Waals surface area contributed by atoms with E-state index in [0.717, 1.165) is 0 Å². The third kappa shape index (κ3) is 2.80. The van der Waals surface area contributed by atoms with Crippen molar-refractivity contribution in [2.75, 3.05) is 0 Å². The highest BCUT2D eigenvalue weighted by Gasteiger charge is 2.03. The Morgan fingerprint density at radius 3 is 2.33 bits per heavy atom. The van der Waals surface area contributed by atoms with E-state index in [1.165, 1.54) is 12.4 Å². The van der Waals surface area contributed by atoms with E-state index in [-0.39, 0.29) is 12.6 Å². The maximum Gasteiger partial charge on any atom is 0.321 e. The molecule has 92 valence electrons. The fourth-order valence-electron chi connectivity index (χ4n) is 1.27. The van der Waals surface area contributed by atoms with Crippen molar-refractivity contribution in [1.82, 2.24) is 9.97 Å². The standard InChI is InChI=1S/C12H11N3O3/c13-11(17)9-1-3-10(4-2-9)18-12-14-5-8(7-16)6-15-12/h1-6,16H,7H2,(H2,13,17). The highest BCUT2D eigenvalue weighted by molar-refractivity contribution is 5.92. The van der Waals surface area contributed by atoms with Gasteiger partial charge in [-0.15, -0.1) is 0 Å². The van der Waals surface area contributed by atoms with E-state index in [1.807, 2.05) is 0 Å². The smallest absolute Gasteiger partial charge is 0.321 e. The molecule has 2 rings (SSSR count). The molecule has 0 fully saturated rings. The number of hydrogen-bond donors (Lipinski definition) is 2. The topological polar surface area (TPSA) is 98.3 Å². The Labute approximate surface area is 103 Å². The molecule has 0 unspecified atom stereocenters. The second kappa shape index (κ2) is 5.24. The van der Waals surface area contributed by atoms with Gasteiger partial charge in [-0.2, -0.15) is 0 Å². The number of aromatic nitrogens is 2. The Hall–Kier alpha value is -2.47. The number of amides is 1. The van der Waals surface area contributed by atoms with Crippen molar-refractivity contribution in [3.05, 3.63) is 47.8 Å². The second-order valence-corrected chi connectivity index (χ2v) is 3.52. The van der Waals surface area contributed by atoms with Crippen LogP contribution in [-0.2, 0) is 6.61 Å². The third-order valence-electron chi connectivity index (χ3n) is 2.21. The minimum atomic E-state index is -0.495. The zero-order valence-corrected chi connectivity index (χ0v) is 9.41. The fraction of sp³-hybridized carbons (Fsp3) is 0.0833. The monoisotopic (exact) mass is 245 g/mol. The van der Waals surface area contributed by atoms with Gasteiger partial charge in [-0.25, -0.2) is 9.97 Å². The molecule has 0 aliphatic heterocycles. The van der Waals surface area contributed by atoms with E-state index in [9.17, 15) is 4.79 Å². The molecule has 3 N–H and O–H groups in total. The van der Waals surface area contributed by atoms with Gasteiger partial charge in [0.15, 0.2) is 0 Å². The lowest BCUT2D eigenvalue weighted by atomic mass is 10.2. The average molecular weight is 245 g/mol. The summed E-state index contributed by atoms with van der Waals surface area (Å²) in [6, 6.07) is 6.48. The lowest BCUT2D eigenvalue weighted by Gasteiger charge is -2.04. The summed E-state index contributed by atoms with van der Waals surface area (Å²) in [5.41, 5.74) is 6.13. The van der Waals surface area contributed by atoms with Crippen molar-refractivity contribution in [3.63, 3.8) is 0 Å². The number of benzene rings is 1. The van der Waals surface area contributed by atoms with Crippen LogP contribution in [0.2, 0.25) is 0 Å². The number of nitrogens with zero attached hydrogens (tertiary/aromatic N) is 2. The fourth-order valence-corrected chi connectivity index (χ4v) is 1.27. The molecule has 6 nitrogen and oxygen atoms in total. The molecule has 1 aromatic carbocycles. The average Bonchev–Trinajstić information content (AvgIpc) is 2.40. The summed E-state index contributed by atoms with van der Waals surface area (Å²) in [4.78, 5) is 18.7. The van der Waals surface area contributed by atoms with E-state index in [1.54, 1.807) is 24.3 Å². The minimum Gasteiger partial charge on any atom is -0.424 e. The van der Waals surface area contributed by atoms with Crippen molar-refractivity contribution in [1.29, 1.82) is 0 Å². The molecule has 0 spiro atoms. The van der Waals surface area contributed by atoms with Gasteiger partial charge in [0.25, 0.3) is 0 Å². The van der Waals surface area contributed by atoms with Crippen molar-refractivity contribution < 1.29 is 14.6 Å². The molecule has 0 saturated carbocycles. The summed E-state index contributed by atoms with van der Waals surface area (Å²) in [5, 5.41) is 8.84. The molecular weight excluding hydrogens is 234 g/mol. The number of ether oxygens (including phenoxy) is 1. The van der Waals surface area contributed by atoms with E-state index < -0.39 is 5.91 Å². The Morgan fingerprint density at radius 1 is 1.22 bits per heavy atom. The Morgan fingerprint density at radius 2 is 1.83 bits per heavy atom. The first kappa shape index (κ1) is 12.0. The van der Waals surface area contributed by atoms with Gasteiger partial charge in [-0.3, -0.25) is 4.79 Å². The van der Waals surface area contributed by atoms with Crippen LogP contribution in [0, 0.1) is 0 Å². The van der Waals surface area contributed by atoms with Crippen molar-refractivity contribution in [2.45, 2.75) is 6.61 Å². The first-order valence-electron chi connectivity index (χ1n) is 5.18. The van der Waals surface area contributed by atoms with Gasteiger partial charge in [-0.1, -0.05) is 0 Å². The van der Waals surface area contributed by atoms with Gasteiger partial charge >= 0.3 is 6.01 Å². The van der Waals surface area contributed by atoms with Crippen LogP contribution >= 0.6 is 0 Å². The molecule has 0 atom stereocenters. The molecule has 0 aliphatic carbocycles. The number of aliphatic hydroxyl groups excluding tert-OH is 1. The van der Waals surface area contributed by atoms with Crippen LogP contribution < -0.4 is 10.5 Å². The minimum absolute atomic E-state index is 0.117. The molecule has 0 saturated heterocycles. The highest BCUT2D eigenvalue weighted by atomic mass is 16.5. The normalized spacial score (nSPS) is 10.1. The summed E-state index contributed by atoms with van der Waals surface area (Å²) >= 11 is 0. The summed E-state index contributed by atoms with van der Waals surface area (Å²) in [6.45, 7) is -0.117. The molecule has 2 aromatic rings. The maximum absolute atomic E-state index is 10.9. The Kier molecular flexibility index (Phi) is 3.49. The number of rotatable bonds is 4. The summed E-state index contributed by atoms with van der Waals surface area (Å²) in [6.07, 6.45) is 2.94. The van der Waals surface area contributed by atoms with Crippen LogP contribution in [0.5, 0.6) is 11.8 Å². The Bertz CT molecular complexity index is 537. The van der Waals surface area contributed by atoms with E-state index >= 15 is 0 Å². The highest BCUT2D eigenvalue weighted by Crippen LogP contribution is 2.17. The lowest BCUT2D eigenvalue weighted by molar-refractivity contribution is 0.100. The number of hydrogen-bond acceptors (Lipinski definition) is 5. The van der Waals surface area contributed by atoms with Crippen LogP contribution in [0.15, 0.2) is 36.7 Å². The summed E-state index contributed by atoms with van der Waals surface area (Å²) < 4.78 is 5.36. The molecule has 1 heterocycles. The maximum atomic E-state index is 10.9. The molecule has 0 aliphatic rings. The molecule has 1 aromatic heterocycles. The molecular formula is C12H11N3O3. The van der Waals surface area contributed by atoms with Gasteiger partial charge in [0.05, 0.1) is 6.61 Å². The molecule has 6 heteroatoms. The number of aliphatic hydroxyl groups is 1. The predicted octanol–water partition coefficient (Wildman–Crippen LogP) is 0.860. The van der Waals surface area contributed by atoms with Gasteiger partial charge in [0, 0.05) is 23.5 Å². The number of carbonyl (C=O) groups is 1. The van der Waals surface area contributed by atoms with Gasteiger partial charge in [0.1, 0.15) is 5.75 Å². The first-order valence-corrected chi connectivity index (χ1v) is 5.18. The SMILES string of the molecule is NC(=O)c1ccc(Oc2ncc(CO)cn2)cc1. The van der Waals surface area contributed by atoms with E-state index in [0.29, 0.717) is 16.9 Å². The quantitative estimate of drug-likeness (QED) is 0.832. The van der Waals surface area contributed by atoms with Crippen molar-refractivity contribution in [2.24, 2.45) is 5.73 Å².